The number of hydrogen-bond acceptors (Lipinski definition) is 4. The molecule has 0 unspecified atom stereocenters. The van der Waals surface area contributed by atoms with E-state index < -0.39 is 0 Å². The van der Waals surface area contributed by atoms with Crippen LogP contribution in [0.3, 0.4) is 0 Å². The smallest absolute Gasteiger partial charge is 0.244 e. The first-order valence-corrected chi connectivity index (χ1v) is 10.8. The molecule has 0 atom stereocenters. The van der Waals surface area contributed by atoms with Gasteiger partial charge < -0.3 is 14.0 Å². The van der Waals surface area contributed by atoms with Crippen LogP contribution in [0.2, 0.25) is 5.02 Å². The van der Waals surface area contributed by atoms with Crippen LogP contribution < -0.4 is 14.9 Å². The number of amides is 1. The number of carbonyl (C=O) groups is 1. The van der Waals surface area contributed by atoms with Crippen LogP contribution in [-0.4, -0.2) is 30.9 Å². The summed E-state index contributed by atoms with van der Waals surface area (Å²) in [5, 5.41) is 5.96. The van der Waals surface area contributed by atoms with Crippen LogP contribution in [-0.2, 0) is 17.8 Å². The van der Waals surface area contributed by atoms with Crippen molar-refractivity contribution in [3.8, 4) is 11.5 Å². The molecule has 7 heteroatoms. The SMILES string of the molecule is COc1ccc(CC(=O)NN=Cc2cn(Cc3ccc(Cl)cc3)c3ccccc23)cc1OC. The molecule has 0 saturated heterocycles. The molecule has 33 heavy (non-hydrogen) atoms. The number of fused-ring (bicyclic) bond motifs is 1. The van der Waals surface area contributed by atoms with Crippen molar-refractivity contribution in [3.63, 3.8) is 0 Å². The first-order valence-electron chi connectivity index (χ1n) is 10.4. The molecule has 0 saturated carbocycles. The van der Waals surface area contributed by atoms with Gasteiger partial charge in [0.25, 0.3) is 0 Å². The van der Waals surface area contributed by atoms with Crippen molar-refractivity contribution >= 4 is 34.6 Å². The molecule has 1 aromatic heterocycles. The maximum atomic E-state index is 12.4. The molecule has 0 radical (unpaired) electrons. The summed E-state index contributed by atoms with van der Waals surface area (Å²) in [7, 11) is 3.14. The second kappa shape index (κ2) is 10.2. The average Bonchev–Trinajstić information content (AvgIpc) is 3.18. The Morgan fingerprint density at radius 3 is 2.48 bits per heavy atom. The van der Waals surface area contributed by atoms with Crippen LogP contribution >= 0.6 is 11.6 Å². The van der Waals surface area contributed by atoms with Gasteiger partial charge in [0.05, 0.1) is 26.9 Å². The molecular weight excluding hydrogens is 438 g/mol. The molecule has 1 amide bonds. The van der Waals surface area contributed by atoms with Crippen LogP contribution in [0, 0.1) is 0 Å². The van der Waals surface area contributed by atoms with Crippen LogP contribution in [0.25, 0.3) is 10.9 Å². The summed E-state index contributed by atoms with van der Waals surface area (Å²) in [5.41, 5.74) is 6.57. The summed E-state index contributed by atoms with van der Waals surface area (Å²) < 4.78 is 12.7. The highest BCUT2D eigenvalue weighted by atomic mass is 35.5. The van der Waals surface area contributed by atoms with E-state index in [1.807, 2.05) is 54.7 Å². The third-order valence-electron chi connectivity index (χ3n) is 5.29. The van der Waals surface area contributed by atoms with E-state index in [0.717, 1.165) is 27.6 Å². The number of hydrogen-bond donors (Lipinski definition) is 1. The number of halogens is 1. The number of carbonyl (C=O) groups excluding carboxylic acids is 1. The van der Waals surface area contributed by atoms with Gasteiger partial charge in [-0.1, -0.05) is 48.0 Å². The Balaban J connectivity index is 1.47. The summed E-state index contributed by atoms with van der Waals surface area (Å²) >= 11 is 6.01. The number of ether oxygens (including phenoxy) is 2. The number of benzene rings is 3. The summed E-state index contributed by atoms with van der Waals surface area (Å²) in [4.78, 5) is 12.4. The van der Waals surface area contributed by atoms with Gasteiger partial charge in [-0.25, -0.2) is 5.43 Å². The molecule has 1 heterocycles. The zero-order valence-corrected chi connectivity index (χ0v) is 19.2. The molecule has 3 aromatic carbocycles. The number of hydrazone groups is 1. The Morgan fingerprint density at radius 2 is 1.73 bits per heavy atom. The Bertz CT molecular complexity index is 1300. The van der Waals surface area contributed by atoms with Gasteiger partial charge in [-0.05, 0) is 41.5 Å². The van der Waals surface area contributed by atoms with E-state index in [2.05, 4.69) is 21.2 Å². The lowest BCUT2D eigenvalue weighted by Gasteiger charge is -2.09. The van der Waals surface area contributed by atoms with Crippen LogP contribution in [0.5, 0.6) is 11.5 Å². The molecule has 0 aliphatic heterocycles. The fourth-order valence-electron chi connectivity index (χ4n) is 3.68. The van der Waals surface area contributed by atoms with E-state index in [-0.39, 0.29) is 12.3 Å². The van der Waals surface area contributed by atoms with Crippen molar-refractivity contribution in [1.82, 2.24) is 9.99 Å². The summed E-state index contributed by atoms with van der Waals surface area (Å²) in [5.74, 6) is 0.984. The van der Waals surface area contributed by atoms with E-state index >= 15 is 0 Å². The largest absolute Gasteiger partial charge is 0.493 e. The minimum Gasteiger partial charge on any atom is -0.493 e. The Morgan fingerprint density at radius 1 is 1.00 bits per heavy atom. The number of aromatic nitrogens is 1. The van der Waals surface area contributed by atoms with E-state index in [1.165, 1.54) is 0 Å². The molecule has 0 aliphatic rings. The van der Waals surface area contributed by atoms with Crippen molar-refractivity contribution in [1.29, 1.82) is 0 Å². The van der Waals surface area contributed by atoms with E-state index in [4.69, 9.17) is 21.1 Å². The maximum Gasteiger partial charge on any atom is 0.244 e. The fraction of sp³-hybridized carbons (Fsp3) is 0.154. The highest BCUT2D eigenvalue weighted by Crippen LogP contribution is 2.27. The number of nitrogens with zero attached hydrogens (tertiary/aromatic N) is 2. The highest BCUT2D eigenvalue weighted by molar-refractivity contribution is 6.30. The maximum absolute atomic E-state index is 12.4. The minimum absolute atomic E-state index is 0.177. The van der Waals surface area contributed by atoms with Crippen molar-refractivity contribution in [3.05, 3.63) is 94.6 Å². The Labute approximate surface area is 197 Å². The quantitative estimate of drug-likeness (QED) is 0.295. The first kappa shape index (κ1) is 22.4. The lowest BCUT2D eigenvalue weighted by molar-refractivity contribution is -0.120. The summed E-state index contributed by atoms with van der Waals surface area (Å²) in [6.07, 6.45) is 3.88. The average molecular weight is 462 g/mol. The molecule has 6 nitrogen and oxygen atoms in total. The van der Waals surface area contributed by atoms with Crippen LogP contribution in [0.1, 0.15) is 16.7 Å². The van der Waals surface area contributed by atoms with Crippen LogP contribution in [0.15, 0.2) is 78.0 Å². The van der Waals surface area contributed by atoms with Gasteiger partial charge in [-0.3, -0.25) is 4.79 Å². The molecule has 168 valence electrons. The van der Waals surface area contributed by atoms with E-state index in [1.54, 1.807) is 32.6 Å². The van der Waals surface area contributed by atoms with E-state index in [0.29, 0.717) is 23.1 Å². The van der Waals surface area contributed by atoms with Gasteiger partial charge in [0.15, 0.2) is 11.5 Å². The van der Waals surface area contributed by atoms with Gasteiger partial charge in [-0.2, -0.15) is 5.10 Å². The number of methoxy groups -OCH3 is 2. The third kappa shape index (κ3) is 5.35. The predicted molar refractivity (Wildman–Crippen MR) is 131 cm³/mol. The summed E-state index contributed by atoms with van der Waals surface area (Å²) in [6, 6.07) is 21.3. The van der Waals surface area contributed by atoms with Gasteiger partial charge in [0, 0.05) is 34.2 Å². The number of para-hydroxylation sites is 1. The summed E-state index contributed by atoms with van der Waals surface area (Å²) in [6.45, 7) is 0.706. The lowest BCUT2D eigenvalue weighted by Crippen LogP contribution is -2.19. The molecular formula is C26H24ClN3O3. The molecule has 0 fully saturated rings. The fourth-order valence-corrected chi connectivity index (χ4v) is 3.81. The van der Waals surface area contributed by atoms with Crippen molar-refractivity contribution < 1.29 is 14.3 Å². The minimum atomic E-state index is -0.219. The first-order chi connectivity index (χ1) is 16.1. The molecule has 0 aliphatic carbocycles. The topological polar surface area (TPSA) is 64.8 Å². The Kier molecular flexibility index (Phi) is 6.95. The van der Waals surface area contributed by atoms with Crippen molar-refractivity contribution in [2.45, 2.75) is 13.0 Å². The normalized spacial score (nSPS) is 11.1. The highest BCUT2D eigenvalue weighted by Gasteiger charge is 2.09. The molecule has 0 bridgehead atoms. The van der Waals surface area contributed by atoms with Crippen LogP contribution in [0.4, 0.5) is 0 Å². The molecule has 4 aromatic rings. The second-order valence-electron chi connectivity index (χ2n) is 7.52. The molecule has 4 rings (SSSR count). The molecule has 1 N–H and O–H groups in total. The zero-order chi connectivity index (χ0) is 23.2. The second-order valence-corrected chi connectivity index (χ2v) is 7.95. The van der Waals surface area contributed by atoms with Gasteiger partial charge >= 0.3 is 0 Å². The van der Waals surface area contributed by atoms with Crippen molar-refractivity contribution in [2.24, 2.45) is 5.10 Å². The van der Waals surface area contributed by atoms with Gasteiger partial charge in [0.2, 0.25) is 5.91 Å². The van der Waals surface area contributed by atoms with Crippen molar-refractivity contribution in [2.75, 3.05) is 14.2 Å². The lowest BCUT2D eigenvalue weighted by atomic mass is 10.1. The van der Waals surface area contributed by atoms with Gasteiger partial charge in [0.1, 0.15) is 0 Å². The number of nitrogens with one attached hydrogen (secondary N) is 1. The standard InChI is InChI=1S/C26H24ClN3O3/c1-32-24-12-9-19(13-25(24)33-2)14-26(31)29-28-15-20-17-30(23-6-4-3-5-22(20)23)16-18-7-10-21(27)11-8-18/h3-13,15,17H,14,16H2,1-2H3,(H,29,31). The number of rotatable bonds is 8. The monoisotopic (exact) mass is 461 g/mol. The Hall–Kier alpha value is -3.77. The third-order valence-corrected chi connectivity index (χ3v) is 5.54. The zero-order valence-electron chi connectivity index (χ0n) is 18.4. The van der Waals surface area contributed by atoms with Gasteiger partial charge in [-0.15, -0.1) is 0 Å². The predicted octanol–water partition coefficient (Wildman–Crippen LogP) is 5.05. The molecule has 0 spiro atoms. The van der Waals surface area contributed by atoms with E-state index in [9.17, 15) is 4.79 Å².